The van der Waals surface area contributed by atoms with E-state index < -0.39 is 0 Å². The zero-order valence-electron chi connectivity index (χ0n) is 9.79. The van der Waals surface area contributed by atoms with Gasteiger partial charge in [-0.25, -0.2) is 0 Å². The highest BCUT2D eigenvalue weighted by Gasteiger charge is 2.18. The largest absolute Gasteiger partial charge is 0.392 e. The Balaban J connectivity index is 2.13. The van der Waals surface area contributed by atoms with Crippen molar-refractivity contribution >= 4 is 0 Å². The van der Waals surface area contributed by atoms with Crippen molar-refractivity contribution < 1.29 is 5.11 Å². The van der Waals surface area contributed by atoms with Gasteiger partial charge in [-0.15, -0.1) is 0 Å². The van der Waals surface area contributed by atoms with E-state index in [1.165, 1.54) is 25.7 Å². The summed E-state index contributed by atoms with van der Waals surface area (Å²) in [5, 5.41) is 13.1. The first-order valence-corrected chi connectivity index (χ1v) is 6.01. The van der Waals surface area contributed by atoms with Gasteiger partial charge in [-0.3, -0.25) is 0 Å². The summed E-state index contributed by atoms with van der Waals surface area (Å²) in [5.41, 5.74) is 0. The SMILES string of the molecule is CC1CCC(NCC(O)C(C)C)CC1. The van der Waals surface area contributed by atoms with Crippen molar-refractivity contribution in [3.05, 3.63) is 0 Å². The summed E-state index contributed by atoms with van der Waals surface area (Å²) in [6.07, 6.45) is 5.07. The molecule has 0 saturated heterocycles. The molecule has 2 heteroatoms. The van der Waals surface area contributed by atoms with Crippen LogP contribution in [0.4, 0.5) is 0 Å². The normalized spacial score (nSPS) is 30.6. The third-order valence-electron chi connectivity index (χ3n) is 3.40. The predicted octanol–water partition coefficient (Wildman–Crippen LogP) is 2.17. The van der Waals surface area contributed by atoms with E-state index in [0.29, 0.717) is 12.0 Å². The topological polar surface area (TPSA) is 32.3 Å². The summed E-state index contributed by atoms with van der Waals surface area (Å²) in [7, 11) is 0. The van der Waals surface area contributed by atoms with Crippen LogP contribution in [-0.2, 0) is 0 Å². The molecule has 84 valence electrons. The van der Waals surface area contributed by atoms with Crippen molar-refractivity contribution in [1.82, 2.24) is 5.32 Å². The number of hydrogen-bond donors (Lipinski definition) is 2. The van der Waals surface area contributed by atoms with E-state index in [9.17, 15) is 5.11 Å². The average Bonchev–Trinajstić information content (AvgIpc) is 2.16. The van der Waals surface area contributed by atoms with E-state index in [2.05, 4.69) is 26.1 Å². The summed E-state index contributed by atoms with van der Waals surface area (Å²) in [6, 6.07) is 0.652. The van der Waals surface area contributed by atoms with Crippen LogP contribution in [0.3, 0.4) is 0 Å². The van der Waals surface area contributed by atoms with Crippen molar-refractivity contribution in [3.8, 4) is 0 Å². The predicted molar refractivity (Wildman–Crippen MR) is 60.3 cm³/mol. The molecule has 1 aliphatic carbocycles. The lowest BCUT2D eigenvalue weighted by atomic mass is 9.87. The van der Waals surface area contributed by atoms with Gasteiger partial charge in [0.05, 0.1) is 6.10 Å². The first kappa shape index (κ1) is 12.0. The standard InChI is InChI=1S/C12H25NO/c1-9(2)12(14)8-13-11-6-4-10(3)5-7-11/h9-14H,4-8H2,1-3H3. The van der Waals surface area contributed by atoms with Gasteiger partial charge < -0.3 is 10.4 Å². The van der Waals surface area contributed by atoms with Gasteiger partial charge in [-0.1, -0.05) is 20.8 Å². The fraction of sp³-hybridized carbons (Fsp3) is 1.00. The third-order valence-corrected chi connectivity index (χ3v) is 3.40. The number of aliphatic hydroxyl groups is 1. The molecule has 2 N–H and O–H groups in total. The Kier molecular flexibility index (Phi) is 4.90. The van der Waals surface area contributed by atoms with Crippen LogP contribution >= 0.6 is 0 Å². The molecule has 1 saturated carbocycles. The minimum Gasteiger partial charge on any atom is -0.392 e. The molecule has 1 atom stereocenters. The van der Waals surface area contributed by atoms with Gasteiger partial charge in [-0.2, -0.15) is 0 Å². The molecule has 0 spiro atoms. The Morgan fingerprint density at radius 1 is 1.21 bits per heavy atom. The zero-order valence-corrected chi connectivity index (χ0v) is 9.79. The quantitative estimate of drug-likeness (QED) is 0.727. The Labute approximate surface area is 88.1 Å². The Morgan fingerprint density at radius 2 is 1.79 bits per heavy atom. The van der Waals surface area contributed by atoms with Crippen molar-refractivity contribution in [2.45, 2.75) is 58.6 Å². The van der Waals surface area contributed by atoms with Gasteiger partial charge >= 0.3 is 0 Å². The fourth-order valence-electron chi connectivity index (χ4n) is 1.99. The Morgan fingerprint density at radius 3 is 2.29 bits per heavy atom. The van der Waals surface area contributed by atoms with Crippen molar-refractivity contribution in [3.63, 3.8) is 0 Å². The number of hydrogen-bond acceptors (Lipinski definition) is 2. The molecule has 1 aliphatic rings. The molecule has 0 bridgehead atoms. The smallest absolute Gasteiger partial charge is 0.0687 e. The van der Waals surface area contributed by atoms with Gasteiger partial charge in [-0.05, 0) is 37.5 Å². The van der Waals surface area contributed by atoms with E-state index >= 15 is 0 Å². The second-order valence-electron chi connectivity index (χ2n) is 5.18. The zero-order chi connectivity index (χ0) is 10.6. The van der Waals surface area contributed by atoms with E-state index in [-0.39, 0.29) is 6.10 Å². The maximum Gasteiger partial charge on any atom is 0.0687 e. The van der Waals surface area contributed by atoms with Crippen molar-refractivity contribution in [2.75, 3.05) is 6.54 Å². The Bertz CT molecular complexity index is 150. The number of aliphatic hydroxyl groups excluding tert-OH is 1. The number of nitrogens with one attached hydrogen (secondary N) is 1. The molecule has 0 aromatic heterocycles. The lowest BCUT2D eigenvalue weighted by Gasteiger charge is -2.28. The number of rotatable bonds is 4. The highest BCUT2D eigenvalue weighted by atomic mass is 16.3. The second-order valence-corrected chi connectivity index (χ2v) is 5.18. The maximum absolute atomic E-state index is 9.65. The van der Waals surface area contributed by atoms with Crippen LogP contribution < -0.4 is 5.32 Å². The molecular formula is C12H25NO. The summed E-state index contributed by atoms with van der Waals surface area (Å²) in [6.45, 7) is 7.22. The summed E-state index contributed by atoms with van der Waals surface area (Å²) in [5.74, 6) is 1.27. The van der Waals surface area contributed by atoms with Gasteiger partial charge in [0, 0.05) is 12.6 Å². The monoisotopic (exact) mass is 199 g/mol. The van der Waals surface area contributed by atoms with Gasteiger partial charge in [0.15, 0.2) is 0 Å². The van der Waals surface area contributed by atoms with E-state index in [1.807, 2.05) is 0 Å². The molecule has 1 fully saturated rings. The minimum absolute atomic E-state index is 0.186. The van der Waals surface area contributed by atoms with Crippen LogP contribution in [0.5, 0.6) is 0 Å². The highest BCUT2D eigenvalue weighted by Crippen LogP contribution is 2.23. The van der Waals surface area contributed by atoms with E-state index in [4.69, 9.17) is 0 Å². The lowest BCUT2D eigenvalue weighted by molar-refractivity contribution is 0.116. The molecular weight excluding hydrogens is 174 g/mol. The molecule has 0 aromatic carbocycles. The molecule has 1 unspecified atom stereocenters. The van der Waals surface area contributed by atoms with E-state index in [0.717, 1.165) is 12.5 Å². The maximum atomic E-state index is 9.65. The van der Waals surface area contributed by atoms with Gasteiger partial charge in [0.25, 0.3) is 0 Å². The van der Waals surface area contributed by atoms with Crippen molar-refractivity contribution in [1.29, 1.82) is 0 Å². The van der Waals surface area contributed by atoms with Crippen LogP contribution in [0.15, 0.2) is 0 Å². The second kappa shape index (κ2) is 5.72. The van der Waals surface area contributed by atoms with Gasteiger partial charge in [0.2, 0.25) is 0 Å². The van der Waals surface area contributed by atoms with Crippen LogP contribution in [0.25, 0.3) is 0 Å². The average molecular weight is 199 g/mol. The third kappa shape index (κ3) is 3.97. The van der Waals surface area contributed by atoms with Gasteiger partial charge in [0.1, 0.15) is 0 Å². The van der Waals surface area contributed by atoms with Crippen molar-refractivity contribution in [2.24, 2.45) is 11.8 Å². The van der Waals surface area contributed by atoms with Crippen LogP contribution in [-0.4, -0.2) is 23.8 Å². The van der Waals surface area contributed by atoms with E-state index in [1.54, 1.807) is 0 Å². The first-order chi connectivity index (χ1) is 6.59. The molecule has 14 heavy (non-hydrogen) atoms. The molecule has 0 aromatic rings. The molecule has 1 rings (SSSR count). The van der Waals surface area contributed by atoms with Crippen LogP contribution in [0.2, 0.25) is 0 Å². The molecule has 2 nitrogen and oxygen atoms in total. The highest BCUT2D eigenvalue weighted by molar-refractivity contribution is 4.76. The fourth-order valence-corrected chi connectivity index (χ4v) is 1.99. The molecule has 0 aliphatic heterocycles. The summed E-state index contributed by atoms with van der Waals surface area (Å²) < 4.78 is 0. The van der Waals surface area contributed by atoms with Crippen LogP contribution in [0, 0.1) is 11.8 Å². The molecule has 0 radical (unpaired) electrons. The Hall–Kier alpha value is -0.0800. The molecule has 0 amide bonds. The minimum atomic E-state index is -0.186. The summed E-state index contributed by atoms with van der Waals surface area (Å²) in [4.78, 5) is 0. The summed E-state index contributed by atoms with van der Waals surface area (Å²) >= 11 is 0. The molecule has 0 heterocycles. The lowest BCUT2D eigenvalue weighted by Crippen LogP contribution is -2.39. The first-order valence-electron chi connectivity index (χ1n) is 6.01. The van der Waals surface area contributed by atoms with Crippen LogP contribution in [0.1, 0.15) is 46.5 Å².